The van der Waals surface area contributed by atoms with Gasteiger partial charge in [-0.25, -0.2) is 0 Å². The van der Waals surface area contributed by atoms with Crippen LogP contribution in [0.5, 0.6) is 11.5 Å². The number of ether oxygens (including phenoxy) is 2. The van der Waals surface area contributed by atoms with Crippen molar-refractivity contribution in [2.45, 2.75) is 6.92 Å². The Morgan fingerprint density at radius 3 is 2.61 bits per heavy atom. The number of fused-ring (bicyclic) bond motifs is 1. The molecular formula is C22H25N3O3. The third kappa shape index (κ3) is 3.50. The average Bonchev–Trinajstić information content (AvgIpc) is 3.17. The van der Waals surface area contributed by atoms with Crippen LogP contribution in [0.2, 0.25) is 0 Å². The van der Waals surface area contributed by atoms with Crippen LogP contribution in [0, 0.1) is 0 Å². The largest absolute Gasteiger partial charge is 0.497 e. The molecule has 6 heteroatoms. The Morgan fingerprint density at radius 2 is 1.86 bits per heavy atom. The Labute approximate surface area is 164 Å². The number of aromatic amines is 1. The number of carbonyl (C=O) groups excluding carboxylic acids is 1. The predicted octanol–water partition coefficient (Wildman–Crippen LogP) is 3.54. The summed E-state index contributed by atoms with van der Waals surface area (Å²) in [5.74, 6) is 1.71. The number of piperazine rings is 1. The molecule has 3 aromatic rings. The second-order valence-electron chi connectivity index (χ2n) is 6.82. The smallest absolute Gasteiger partial charge is 0.270 e. The molecule has 1 fully saturated rings. The molecular weight excluding hydrogens is 354 g/mol. The topological polar surface area (TPSA) is 57.8 Å². The quantitative estimate of drug-likeness (QED) is 0.737. The molecule has 0 atom stereocenters. The first-order valence-corrected chi connectivity index (χ1v) is 9.62. The van der Waals surface area contributed by atoms with Crippen molar-refractivity contribution in [1.29, 1.82) is 0 Å². The summed E-state index contributed by atoms with van der Waals surface area (Å²) in [6.07, 6.45) is 0. The van der Waals surface area contributed by atoms with E-state index in [0.717, 1.165) is 41.2 Å². The van der Waals surface area contributed by atoms with Crippen LogP contribution < -0.4 is 14.4 Å². The number of aromatic nitrogens is 1. The average molecular weight is 379 g/mol. The van der Waals surface area contributed by atoms with E-state index >= 15 is 0 Å². The third-order valence-corrected chi connectivity index (χ3v) is 5.13. The van der Waals surface area contributed by atoms with Gasteiger partial charge in [-0.1, -0.05) is 12.1 Å². The van der Waals surface area contributed by atoms with Crippen molar-refractivity contribution < 1.29 is 14.3 Å². The molecule has 1 aromatic heterocycles. The van der Waals surface area contributed by atoms with Crippen LogP contribution in [-0.4, -0.2) is 55.7 Å². The Morgan fingerprint density at radius 1 is 1.07 bits per heavy atom. The van der Waals surface area contributed by atoms with Crippen LogP contribution in [0.15, 0.2) is 48.5 Å². The Kier molecular flexibility index (Phi) is 5.10. The molecule has 2 heterocycles. The molecule has 146 valence electrons. The highest BCUT2D eigenvalue weighted by molar-refractivity contribution is 5.98. The van der Waals surface area contributed by atoms with E-state index in [4.69, 9.17) is 9.47 Å². The van der Waals surface area contributed by atoms with Crippen molar-refractivity contribution in [2.24, 2.45) is 0 Å². The SMILES string of the molecule is CCOc1ccccc1N1CCN(C(=O)c2cc3ccc(OC)cc3[nH]2)CC1. The summed E-state index contributed by atoms with van der Waals surface area (Å²) < 4.78 is 11.0. The van der Waals surface area contributed by atoms with E-state index in [-0.39, 0.29) is 5.91 Å². The number of amides is 1. The lowest BCUT2D eigenvalue weighted by Crippen LogP contribution is -2.49. The van der Waals surface area contributed by atoms with Crippen molar-refractivity contribution in [3.8, 4) is 11.5 Å². The molecule has 28 heavy (non-hydrogen) atoms. The molecule has 1 aliphatic rings. The van der Waals surface area contributed by atoms with Crippen LogP contribution in [0.1, 0.15) is 17.4 Å². The second kappa shape index (κ2) is 7.84. The molecule has 0 aliphatic carbocycles. The fourth-order valence-corrected chi connectivity index (χ4v) is 3.67. The van der Waals surface area contributed by atoms with Gasteiger partial charge in [0, 0.05) is 43.1 Å². The molecule has 1 saturated heterocycles. The van der Waals surface area contributed by atoms with Gasteiger partial charge in [-0.3, -0.25) is 4.79 Å². The summed E-state index contributed by atoms with van der Waals surface area (Å²) in [5, 5.41) is 1.01. The van der Waals surface area contributed by atoms with Crippen LogP contribution in [-0.2, 0) is 0 Å². The molecule has 0 radical (unpaired) electrons. The van der Waals surface area contributed by atoms with Gasteiger partial charge in [0.1, 0.15) is 17.2 Å². The van der Waals surface area contributed by atoms with E-state index in [2.05, 4.69) is 16.0 Å². The molecule has 0 bridgehead atoms. The van der Waals surface area contributed by atoms with Gasteiger partial charge in [-0.05, 0) is 37.3 Å². The number of rotatable bonds is 5. The van der Waals surface area contributed by atoms with Crippen LogP contribution in [0.3, 0.4) is 0 Å². The van der Waals surface area contributed by atoms with Gasteiger partial charge in [-0.15, -0.1) is 0 Å². The molecule has 1 amide bonds. The first-order valence-electron chi connectivity index (χ1n) is 9.62. The zero-order valence-electron chi connectivity index (χ0n) is 16.3. The van der Waals surface area contributed by atoms with Crippen molar-refractivity contribution in [3.05, 3.63) is 54.2 Å². The fraction of sp³-hybridized carbons (Fsp3) is 0.318. The van der Waals surface area contributed by atoms with Gasteiger partial charge in [0.25, 0.3) is 5.91 Å². The maximum Gasteiger partial charge on any atom is 0.270 e. The first-order chi connectivity index (χ1) is 13.7. The second-order valence-corrected chi connectivity index (χ2v) is 6.82. The molecule has 4 rings (SSSR count). The van der Waals surface area contributed by atoms with Gasteiger partial charge in [0.15, 0.2) is 0 Å². The highest BCUT2D eigenvalue weighted by Gasteiger charge is 2.24. The first kappa shape index (κ1) is 18.2. The number of methoxy groups -OCH3 is 1. The van der Waals surface area contributed by atoms with E-state index in [1.165, 1.54) is 0 Å². The van der Waals surface area contributed by atoms with Crippen LogP contribution >= 0.6 is 0 Å². The third-order valence-electron chi connectivity index (χ3n) is 5.13. The normalized spacial score (nSPS) is 14.4. The fourth-order valence-electron chi connectivity index (χ4n) is 3.67. The van der Waals surface area contributed by atoms with Gasteiger partial charge in [0.05, 0.1) is 19.4 Å². The minimum atomic E-state index is 0.0351. The molecule has 0 spiro atoms. The van der Waals surface area contributed by atoms with Crippen LogP contribution in [0.25, 0.3) is 10.9 Å². The maximum absolute atomic E-state index is 13.0. The number of hydrogen-bond donors (Lipinski definition) is 1. The van der Waals surface area contributed by atoms with E-state index in [1.54, 1.807) is 7.11 Å². The van der Waals surface area contributed by atoms with E-state index in [1.807, 2.05) is 54.3 Å². The molecule has 0 saturated carbocycles. The molecule has 2 aromatic carbocycles. The number of benzene rings is 2. The molecule has 0 unspecified atom stereocenters. The number of nitrogens with zero attached hydrogens (tertiary/aromatic N) is 2. The number of hydrogen-bond acceptors (Lipinski definition) is 4. The summed E-state index contributed by atoms with van der Waals surface area (Å²) in [7, 11) is 1.64. The van der Waals surface area contributed by atoms with Crippen LogP contribution in [0.4, 0.5) is 5.69 Å². The summed E-state index contributed by atoms with van der Waals surface area (Å²) in [6.45, 7) is 5.55. The van der Waals surface area contributed by atoms with Gasteiger partial charge < -0.3 is 24.3 Å². The lowest BCUT2D eigenvalue weighted by atomic mass is 10.2. The molecule has 6 nitrogen and oxygen atoms in total. The Balaban J connectivity index is 1.46. The minimum absolute atomic E-state index is 0.0351. The summed E-state index contributed by atoms with van der Waals surface area (Å²) in [5.41, 5.74) is 2.62. The minimum Gasteiger partial charge on any atom is -0.497 e. The van der Waals surface area contributed by atoms with Crippen molar-refractivity contribution in [2.75, 3.05) is 44.8 Å². The number of nitrogens with one attached hydrogen (secondary N) is 1. The summed E-state index contributed by atoms with van der Waals surface area (Å²) in [6, 6.07) is 15.8. The zero-order chi connectivity index (χ0) is 19.5. The van der Waals surface area contributed by atoms with Gasteiger partial charge in [-0.2, -0.15) is 0 Å². The lowest BCUT2D eigenvalue weighted by molar-refractivity contribution is 0.0741. The van der Waals surface area contributed by atoms with Crippen molar-refractivity contribution in [3.63, 3.8) is 0 Å². The number of para-hydroxylation sites is 2. The van der Waals surface area contributed by atoms with E-state index in [9.17, 15) is 4.79 Å². The summed E-state index contributed by atoms with van der Waals surface area (Å²) >= 11 is 0. The monoisotopic (exact) mass is 379 g/mol. The predicted molar refractivity (Wildman–Crippen MR) is 111 cm³/mol. The Bertz CT molecular complexity index is 974. The van der Waals surface area contributed by atoms with Gasteiger partial charge >= 0.3 is 0 Å². The number of H-pyrrole nitrogens is 1. The highest BCUT2D eigenvalue weighted by atomic mass is 16.5. The molecule has 1 aliphatic heterocycles. The van der Waals surface area contributed by atoms with Crippen molar-refractivity contribution >= 4 is 22.5 Å². The summed E-state index contributed by atoms with van der Waals surface area (Å²) in [4.78, 5) is 20.4. The number of carbonyl (C=O) groups is 1. The molecule has 1 N–H and O–H groups in total. The van der Waals surface area contributed by atoms with E-state index < -0.39 is 0 Å². The zero-order valence-corrected chi connectivity index (χ0v) is 16.3. The van der Waals surface area contributed by atoms with Gasteiger partial charge in [0.2, 0.25) is 0 Å². The Hall–Kier alpha value is -3.15. The standard InChI is InChI=1S/C22H25N3O3/c1-3-28-21-7-5-4-6-20(21)24-10-12-25(13-11-24)22(26)19-14-16-8-9-17(27-2)15-18(16)23-19/h4-9,14-15,23H,3,10-13H2,1-2H3. The maximum atomic E-state index is 13.0. The highest BCUT2D eigenvalue weighted by Crippen LogP contribution is 2.29. The lowest BCUT2D eigenvalue weighted by Gasteiger charge is -2.36. The van der Waals surface area contributed by atoms with Crippen molar-refractivity contribution in [1.82, 2.24) is 9.88 Å². The number of anilines is 1. The van der Waals surface area contributed by atoms with E-state index in [0.29, 0.717) is 25.4 Å².